The van der Waals surface area contributed by atoms with Crippen LogP contribution in [0, 0.1) is 5.82 Å². The zero-order valence-corrected chi connectivity index (χ0v) is 11.4. The molecular formula is C13H13FN2O3S. The Morgan fingerprint density at radius 3 is 2.30 bits per heavy atom. The predicted octanol–water partition coefficient (Wildman–Crippen LogP) is 1.94. The summed E-state index contributed by atoms with van der Waals surface area (Å²) in [6.07, 6.45) is 0. The molecule has 0 bridgehead atoms. The van der Waals surface area contributed by atoms with E-state index in [2.05, 4.69) is 0 Å². The molecule has 0 aromatic heterocycles. The molecule has 3 N–H and O–H groups in total. The molecule has 20 heavy (non-hydrogen) atoms. The Hall–Kier alpha value is -2.28. The molecule has 0 spiro atoms. The van der Waals surface area contributed by atoms with E-state index >= 15 is 0 Å². The van der Waals surface area contributed by atoms with Crippen molar-refractivity contribution in [3.63, 3.8) is 0 Å². The number of hydrogen-bond acceptors (Lipinski definition) is 4. The molecule has 2 rings (SSSR count). The quantitative estimate of drug-likeness (QED) is 0.848. The van der Waals surface area contributed by atoms with E-state index in [1.165, 1.54) is 43.4 Å². The summed E-state index contributed by atoms with van der Waals surface area (Å²) in [5.74, 6) is -0.761. The molecule has 0 aliphatic carbocycles. The maximum absolute atomic E-state index is 13.4. The van der Waals surface area contributed by atoms with Crippen LogP contribution >= 0.6 is 0 Å². The summed E-state index contributed by atoms with van der Waals surface area (Å²) in [6.45, 7) is 0. The number of phenols is 1. The Balaban J connectivity index is 2.43. The van der Waals surface area contributed by atoms with Crippen molar-refractivity contribution >= 4 is 21.4 Å². The maximum atomic E-state index is 13.4. The highest BCUT2D eigenvalue weighted by Crippen LogP contribution is 2.25. The van der Waals surface area contributed by atoms with Gasteiger partial charge in [0.05, 0.1) is 16.3 Å². The van der Waals surface area contributed by atoms with Gasteiger partial charge in [-0.05, 0) is 42.5 Å². The van der Waals surface area contributed by atoms with Crippen molar-refractivity contribution in [1.29, 1.82) is 0 Å². The fraction of sp³-hybridized carbons (Fsp3) is 0.0769. The minimum absolute atomic E-state index is 0.0260. The zero-order valence-electron chi connectivity index (χ0n) is 10.6. The Labute approximate surface area is 116 Å². The molecule has 0 radical (unpaired) electrons. The molecule has 0 heterocycles. The van der Waals surface area contributed by atoms with E-state index in [1.807, 2.05) is 0 Å². The Morgan fingerprint density at radius 2 is 1.75 bits per heavy atom. The number of hydrogen-bond donors (Lipinski definition) is 2. The Morgan fingerprint density at radius 1 is 1.15 bits per heavy atom. The smallest absolute Gasteiger partial charge is 0.264 e. The number of nitrogen functional groups attached to an aromatic ring is 1. The van der Waals surface area contributed by atoms with Crippen molar-refractivity contribution in [2.75, 3.05) is 17.1 Å². The summed E-state index contributed by atoms with van der Waals surface area (Å²) in [5, 5.41) is 9.19. The van der Waals surface area contributed by atoms with Crippen LogP contribution in [-0.2, 0) is 10.0 Å². The molecule has 2 aromatic carbocycles. The van der Waals surface area contributed by atoms with Crippen LogP contribution in [-0.4, -0.2) is 20.6 Å². The molecule has 0 aliphatic heterocycles. The standard InChI is InChI=1S/C13H13FN2O3S/c1-16(9-2-4-10(17)5-3-9)20(18,19)11-6-7-13(15)12(14)8-11/h2-8,17H,15H2,1H3. The fourth-order valence-corrected chi connectivity index (χ4v) is 2.84. The number of sulfonamides is 1. The highest BCUT2D eigenvalue weighted by atomic mass is 32.2. The molecule has 0 saturated heterocycles. The number of rotatable bonds is 3. The lowest BCUT2D eigenvalue weighted by molar-refractivity contribution is 0.475. The third-order valence-electron chi connectivity index (χ3n) is 2.84. The van der Waals surface area contributed by atoms with E-state index < -0.39 is 15.8 Å². The highest BCUT2D eigenvalue weighted by molar-refractivity contribution is 7.92. The van der Waals surface area contributed by atoms with Gasteiger partial charge in [-0.1, -0.05) is 0 Å². The number of benzene rings is 2. The van der Waals surface area contributed by atoms with Crippen LogP contribution < -0.4 is 10.0 Å². The van der Waals surface area contributed by atoms with Crippen LogP contribution in [0.1, 0.15) is 0 Å². The van der Waals surface area contributed by atoms with Crippen molar-refractivity contribution in [3.05, 3.63) is 48.3 Å². The monoisotopic (exact) mass is 296 g/mol. The van der Waals surface area contributed by atoms with E-state index in [9.17, 15) is 17.9 Å². The zero-order chi connectivity index (χ0) is 14.9. The summed E-state index contributed by atoms with van der Waals surface area (Å²) in [7, 11) is -2.54. The molecular weight excluding hydrogens is 283 g/mol. The first kappa shape index (κ1) is 14.1. The van der Waals surface area contributed by atoms with Gasteiger partial charge in [0.25, 0.3) is 10.0 Å². The van der Waals surface area contributed by atoms with Crippen molar-refractivity contribution in [3.8, 4) is 5.75 Å². The first-order valence-electron chi connectivity index (χ1n) is 5.65. The summed E-state index contributed by atoms with van der Waals surface area (Å²) >= 11 is 0. The lowest BCUT2D eigenvalue weighted by Crippen LogP contribution is -2.26. The number of halogens is 1. The van der Waals surface area contributed by atoms with E-state index in [-0.39, 0.29) is 16.3 Å². The molecule has 2 aromatic rings. The molecule has 0 aliphatic rings. The molecule has 0 unspecified atom stereocenters. The average molecular weight is 296 g/mol. The van der Waals surface area contributed by atoms with Gasteiger partial charge >= 0.3 is 0 Å². The summed E-state index contributed by atoms with van der Waals surface area (Å²) in [4.78, 5) is -0.195. The van der Waals surface area contributed by atoms with Crippen molar-refractivity contribution in [2.24, 2.45) is 0 Å². The number of nitrogens with two attached hydrogens (primary N) is 1. The normalized spacial score (nSPS) is 11.3. The number of nitrogens with zero attached hydrogens (tertiary/aromatic N) is 1. The van der Waals surface area contributed by atoms with E-state index in [4.69, 9.17) is 5.73 Å². The highest BCUT2D eigenvalue weighted by Gasteiger charge is 2.22. The second-order valence-corrected chi connectivity index (χ2v) is 6.14. The lowest BCUT2D eigenvalue weighted by Gasteiger charge is -2.19. The molecule has 0 amide bonds. The van der Waals surface area contributed by atoms with Crippen LogP contribution in [0.5, 0.6) is 5.75 Å². The first-order valence-corrected chi connectivity index (χ1v) is 7.09. The largest absolute Gasteiger partial charge is 0.508 e. The van der Waals surface area contributed by atoms with Gasteiger partial charge in [-0.2, -0.15) is 0 Å². The molecule has 0 fully saturated rings. The number of phenolic OH excluding ortho intramolecular Hbond substituents is 1. The summed E-state index contributed by atoms with van der Waals surface area (Å²) in [5.41, 5.74) is 5.56. The minimum atomic E-state index is -3.89. The number of aromatic hydroxyl groups is 1. The molecule has 0 saturated carbocycles. The van der Waals surface area contributed by atoms with Gasteiger partial charge < -0.3 is 10.8 Å². The topological polar surface area (TPSA) is 83.6 Å². The SMILES string of the molecule is CN(c1ccc(O)cc1)S(=O)(=O)c1ccc(N)c(F)c1. The van der Waals surface area contributed by atoms with Crippen LogP contribution in [0.15, 0.2) is 47.4 Å². The van der Waals surface area contributed by atoms with E-state index in [1.54, 1.807) is 0 Å². The molecule has 106 valence electrons. The van der Waals surface area contributed by atoms with Gasteiger partial charge in [0.15, 0.2) is 0 Å². The second-order valence-electron chi connectivity index (χ2n) is 4.17. The van der Waals surface area contributed by atoms with Gasteiger partial charge in [-0.25, -0.2) is 12.8 Å². The van der Waals surface area contributed by atoms with Gasteiger partial charge in [0.2, 0.25) is 0 Å². The van der Waals surface area contributed by atoms with Crippen molar-refractivity contribution in [2.45, 2.75) is 4.90 Å². The number of anilines is 2. The molecule has 0 atom stereocenters. The summed E-state index contributed by atoms with van der Waals surface area (Å²) < 4.78 is 39.1. The van der Waals surface area contributed by atoms with Gasteiger partial charge in [0.1, 0.15) is 11.6 Å². The average Bonchev–Trinajstić information content (AvgIpc) is 2.41. The minimum Gasteiger partial charge on any atom is -0.508 e. The van der Waals surface area contributed by atoms with E-state index in [0.29, 0.717) is 5.69 Å². The van der Waals surface area contributed by atoms with Crippen LogP contribution in [0.4, 0.5) is 15.8 Å². The lowest BCUT2D eigenvalue weighted by atomic mass is 10.3. The van der Waals surface area contributed by atoms with E-state index in [0.717, 1.165) is 10.4 Å². The van der Waals surface area contributed by atoms with Crippen LogP contribution in [0.25, 0.3) is 0 Å². The molecule has 5 nitrogen and oxygen atoms in total. The maximum Gasteiger partial charge on any atom is 0.264 e. The third kappa shape index (κ3) is 2.53. The third-order valence-corrected chi connectivity index (χ3v) is 4.63. The second kappa shape index (κ2) is 5.01. The van der Waals surface area contributed by atoms with Crippen molar-refractivity contribution in [1.82, 2.24) is 0 Å². The molecule has 7 heteroatoms. The fourth-order valence-electron chi connectivity index (χ4n) is 1.63. The Bertz CT molecular complexity index is 730. The van der Waals surface area contributed by atoms with Crippen LogP contribution in [0.2, 0.25) is 0 Å². The first-order chi connectivity index (χ1) is 9.32. The predicted molar refractivity (Wildman–Crippen MR) is 74.5 cm³/mol. The Kier molecular flexibility index (Phi) is 3.54. The van der Waals surface area contributed by atoms with Gasteiger partial charge in [-0.3, -0.25) is 4.31 Å². The van der Waals surface area contributed by atoms with Gasteiger partial charge in [-0.15, -0.1) is 0 Å². The van der Waals surface area contributed by atoms with Gasteiger partial charge in [0, 0.05) is 7.05 Å². The van der Waals surface area contributed by atoms with Crippen molar-refractivity contribution < 1.29 is 17.9 Å². The van der Waals surface area contributed by atoms with Crippen LogP contribution in [0.3, 0.4) is 0 Å². The summed E-state index contributed by atoms with van der Waals surface area (Å²) in [6, 6.07) is 8.94.